The Hall–Kier alpha value is -2.91. The highest BCUT2D eigenvalue weighted by Crippen LogP contribution is 2.23. The summed E-state index contributed by atoms with van der Waals surface area (Å²) in [6.45, 7) is 8.43. The minimum atomic E-state index is -0.498. The number of halogens is 1. The van der Waals surface area contributed by atoms with Crippen molar-refractivity contribution in [3.8, 4) is 0 Å². The third-order valence-electron chi connectivity index (χ3n) is 6.49. The summed E-state index contributed by atoms with van der Waals surface area (Å²) in [6, 6.07) is 0.143. The minimum absolute atomic E-state index is 0.143. The van der Waals surface area contributed by atoms with Gasteiger partial charge in [0.15, 0.2) is 0 Å². The fraction of sp³-hybridized carbons (Fsp3) is 0.586. The van der Waals surface area contributed by atoms with Crippen molar-refractivity contribution < 1.29 is 9.53 Å². The van der Waals surface area contributed by atoms with E-state index in [2.05, 4.69) is 61.5 Å². The van der Waals surface area contributed by atoms with Gasteiger partial charge in [0, 0.05) is 45.7 Å². The summed E-state index contributed by atoms with van der Waals surface area (Å²) in [7, 11) is 1.81. The molecule has 39 heavy (non-hydrogen) atoms. The average Bonchev–Trinajstić information content (AvgIpc) is 2.87. The van der Waals surface area contributed by atoms with E-state index in [4.69, 9.17) is 16.3 Å². The quantitative estimate of drug-likeness (QED) is 0.147. The van der Waals surface area contributed by atoms with Gasteiger partial charge in [0.05, 0.1) is 22.6 Å². The maximum Gasteiger partial charge on any atom is 0.410 e. The molecule has 3 rings (SSSR count). The predicted octanol–water partition coefficient (Wildman–Crippen LogP) is 5.26. The molecule has 0 radical (unpaired) electrons. The Labute approximate surface area is 238 Å². The summed E-state index contributed by atoms with van der Waals surface area (Å²) in [5, 5.41) is 11.8. The van der Waals surface area contributed by atoms with E-state index in [0.717, 1.165) is 56.5 Å². The molecule has 1 saturated heterocycles. The highest BCUT2D eigenvalue weighted by molar-refractivity contribution is 6.31. The lowest BCUT2D eigenvalue weighted by Crippen LogP contribution is -2.46. The van der Waals surface area contributed by atoms with Crippen LogP contribution in [0, 0.1) is 0 Å². The van der Waals surface area contributed by atoms with Gasteiger partial charge in [0.1, 0.15) is 5.60 Å². The van der Waals surface area contributed by atoms with E-state index >= 15 is 0 Å². The van der Waals surface area contributed by atoms with Gasteiger partial charge in [-0.15, -0.1) is 0 Å². The number of allylic oxidation sites excluding steroid dienone is 5. The standard InChI is InChI=1S/C29H44ClN7O2/c1-29(2,3)39-28(38)37-19-11-10-14-23(37)15-18-33-27-34-20-24(30)25(35-27)16-17-32-21-26(36-31-4)22-12-8-6-5-7-9-13-22/h6-9,12,20,23,31-32H,5,10-11,13-19,21H2,1-4H3,(H,33,34,35)/b8-6?,9-7-,22-12+,36-26-. The summed E-state index contributed by atoms with van der Waals surface area (Å²) in [6.07, 6.45) is 18.5. The highest BCUT2D eigenvalue weighted by Gasteiger charge is 2.30. The van der Waals surface area contributed by atoms with Gasteiger partial charge >= 0.3 is 6.09 Å². The molecule has 0 aromatic carbocycles. The largest absolute Gasteiger partial charge is 0.444 e. The van der Waals surface area contributed by atoms with Crippen molar-refractivity contribution in [2.75, 3.05) is 38.5 Å². The third-order valence-corrected chi connectivity index (χ3v) is 6.81. The lowest BCUT2D eigenvalue weighted by atomic mass is 10.00. The highest BCUT2D eigenvalue weighted by atomic mass is 35.5. The van der Waals surface area contributed by atoms with Crippen LogP contribution in [0.3, 0.4) is 0 Å². The number of ether oxygens (including phenoxy) is 1. The van der Waals surface area contributed by atoms with Crippen molar-refractivity contribution in [3.63, 3.8) is 0 Å². The molecule has 0 saturated carbocycles. The summed E-state index contributed by atoms with van der Waals surface area (Å²) >= 11 is 6.41. The minimum Gasteiger partial charge on any atom is -0.444 e. The van der Waals surface area contributed by atoms with Crippen LogP contribution in [0.2, 0.25) is 5.02 Å². The van der Waals surface area contributed by atoms with E-state index in [1.165, 1.54) is 5.57 Å². The first kappa shape index (κ1) is 30.6. The van der Waals surface area contributed by atoms with E-state index in [9.17, 15) is 4.79 Å². The number of rotatable bonds is 11. The topological polar surface area (TPSA) is 104 Å². The van der Waals surface area contributed by atoms with E-state index in [1.807, 2.05) is 32.7 Å². The molecular weight excluding hydrogens is 514 g/mol. The van der Waals surface area contributed by atoms with E-state index < -0.39 is 5.60 Å². The SMILES string of the molecule is CN/N=C(CNCCc1nc(NCCC2CCCCN2C(=O)OC(C)(C)C)ncc1Cl)\C1=C\C=CC/C=C\C1. The lowest BCUT2D eigenvalue weighted by molar-refractivity contribution is 0.00929. The van der Waals surface area contributed by atoms with Crippen LogP contribution in [0.5, 0.6) is 0 Å². The van der Waals surface area contributed by atoms with Crippen molar-refractivity contribution in [2.24, 2.45) is 5.10 Å². The number of hydrogen-bond donors (Lipinski definition) is 3. The Morgan fingerprint density at radius 2 is 2.08 bits per heavy atom. The molecule has 1 aromatic rings. The second kappa shape index (κ2) is 15.6. The number of carbonyl (C=O) groups is 1. The van der Waals surface area contributed by atoms with Crippen molar-refractivity contribution in [2.45, 2.75) is 77.4 Å². The van der Waals surface area contributed by atoms with Crippen LogP contribution in [0.1, 0.15) is 65.0 Å². The Bertz CT molecular complexity index is 1060. The van der Waals surface area contributed by atoms with Gasteiger partial charge in [-0.1, -0.05) is 42.0 Å². The molecule has 1 aliphatic heterocycles. The molecule has 3 N–H and O–H groups in total. The first-order valence-electron chi connectivity index (χ1n) is 14.0. The number of carbonyl (C=O) groups excluding carboxylic acids is 1. The van der Waals surface area contributed by atoms with Crippen molar-refractivity contribution >= 4 is 29.4 Å². The number of hydrazone groups is 1. The van der Waals surface area contributed by atoms with Crippen molar-refractivity contribution in [1.29, 1.82) is 0 Å². The van der Waals surface area contributed by atoms with Crippen LogP contribution in [0.25, 0.3) is 0 Å². The van der Waals surface area contributed by atoms with Crippen LogP contribution in [-0.2, 0) is 11.2 Å². The van der Waals surface area contributed by atoms with Crippen molar-refractivity contribution in [1.82, 2.24) is 25.6 Å². The van der Waals surface area contributed by atoms with Crippen LogP contribution in [0.15, 0.2) is 47.3 Å². The average molecular weight is 558 g/mol. The maximum absolute atomic E-state index is 12.7. The summed E-state index contributed by atoms with van der Waals surface area (Å²) in [5.74, 6) is 0.546. The molecule has 1 atom stereocenters. The molecular formula is C29H44ClN7O2. The molecule has 1 aliphatic carbocycles. The molecule has 2 aliphatic rings. The van der Waals surface area contributed by atoms with Gasteiger partial charge in [0.2, 0.25) is 5.95 Å². The zero-order chi connectivity index (χ0) is 28.1. The van der Waals surface area contributed by atoms with Gasteiger partial charge < -0.3 is 25.7 Å². The fourth-order valence-electron chi connectivity index (χ4n) is 4.58. The van der Waals surface area contributed by atoms with E-state index in [1.54, 1.807) is 6.20 Å². The molecule has 9 nitrogen and oxygen atoms in total. The Balaban J connectivity index is 1.49. The lowest BCUT2D eigenvalue weighted by Gasteiger charge is -2.36. The molecule has 1 unspecified atom stereocenters. The van der Waals surface area contributed by atoms with Crippen LogP contribution < -0.4 is 16.1 Å². The van der Waals surface area contributed by atoms with E-state index in [-0.39, 0.29) is 12.1 Å². The van der Waals surface area contributed by atoms with Crippen LogP contribution in [-0.4, -0.2) is 71.5 Å². The number of anilines is 1. The first-order valence-corrected chi connectivity index (χ1v) is 14.3. The van der Waals surface area contributed by atoms with Gasteiger partial charge in [-0.2, -0.15) is 5.10 Å². The van der Waals surface area contributed by atoms with Crippen LogP contribution >= 0.6 is 11.6 Å². The number of piperidine rings is 1. The Morgan fingerprint density at radius 3 is 2.87 bits per heavy atom. The second-order valence-electron chi connectivity index (χ2n) is 10.8. The summed E-state index contributed by atoms with van der Waals surface area (Å²) in [4.78, 5) is 23.6. The zero-order valence-electron chi connectivity index (χ0n) is 23.8. The fourth-order valence-corrected chi connectivity index (χ4v) is 4.76. The maximum atomic E-state index is 12.7. The second-order valence-corrected chi connectivity index (χ2v) is 11.2. The molecule has 1 fully saturated rings. The number of hydrogen-bond acceptors (Lipinski definition) is 8. The third kappa shape index (κ3) is 10.6. The van der Waals surface area contributed by atoms with Gasteiger partial charge in [-0.05, 0) is 64.9 Å². The Kier molecular flexibility index (Phi) is 12.3. The molecule has 10 heteroatoms. The van der Waals surface area contributed by atoms with Gasteiger partial charge in [0.25, 0.3) is 0 Å². The summed E-state index contributed by atoms with van der Waals surface area (Å²) in [5.41, 5.74) is 5.37. The molecule has 0 bridgehead atoms. The van der Waals surface area contributed by atoms with Crippen LogP contribution in [0.4, 0.5) is 10.7 Å². The van der Waals surface area contributed by atoms with Crippen molar-refractivity contribution in [3.05, 3.63) is 52.9 Å². The summed E-state index contributed by atoms with van der Waals surface area (Å²) < 4.78 is 5.62. The smallest absolute Gasteiger partial charge is 0.410 e. The normalized spacial score (nSPS) is 20.4. The number of nitrogens with one attached hydrogen (secondary N) is 3. The number of amides is 1. The van der Waals surface area contributed by atoms with Gasteiger partial charge in [-0.3, -0.25) is 0 Å². The molecule has 214 valence electrons. The molecule has 2 heterocycles. The molecule has 0 spiro atoms. The Morgan fingerprint density at radius 1 is 1.23 bits per heavy atom. The number of aromatic nitrogens is 2. The predicted molar refractivity (Wildman–Crippen MR) is 159 cm³/mol. The van der Waals surface area contributed by atoms with Gasteiger partial charge in [-0.25, -0.2) is 14.8 Å². The molecule has 1 aromatic heterocycles. The van der Waals surface area contributed by atoms with E-state index in [0.29, 0.717) is 37.0 Å². The number of nitrogens with zero attached hydrogens (tertiary/aromatic N) is 4. The number of likely N-dealkylation sites (tertiary alicyclic amines) is 1. The zero-order valence-corrected chi connectivity index (χ0v) is 24.6. The monoisotopic (exact) mass is 557 g/mol. The first-order chi connectivity index (χ1) is 18.8. The molecule has 1 amide bonds.